The van der Waals surface area contributed by atoms with Gasteiger partial charge in [-0.2, -0.15) is 0 Å². The molecule has 6 aromatic rings. The first-order chi connectivity index (χ1) is 42.7. The minimum absolute atomic E-state index is 0.0579. The van der Waals surface area contributed by atoms with Gasteiger partial charge in [0, 0.05) is 33.1 Å². The lowest BCUT2D eigenvalue weighted by Gasteiger charge is -2.41. The van der Waals surface area contributed by atoms with Gasteiger partial charge in [-0.25, -0.2) is 0 Å². The molecule has 92 heavy (non-hydrogen) atoms. The molecule has 6 aromatic carbocycles. The Morgan fingerprint density at radius 2 is 0.457 bits per heavy atom. The third-order valence-corrected chi connectivity index (χ3v) is 21.9. The van der Waals surface area contributed by atoms with Crippen LogP contribution in [0.5, 0.6) is 23.0 Å². The molecule has 0 bridgehead atoms. The Kier molecular flexibility index (Phi) is 21.8. The molecule has 4 fully saturated rings. The quantitative estimate of drug-likeness (QED) is 0.109. The lowest BCUT2D eigenvalue weighted by Crippen LogP contribution is -2.45. The van der Waals surface area contributed by atoms with Crippen LogP contribution in [0.1, 0.15) is 208 Å². The van der Waals surface area contributed by atoms with Crippen molar-refractivity contribution in [1.82, 2.24) is 0 Å². The van der Waals surface area contributed by atoms with Crippen LogP contribution in [0.15, 0.2) is 133 Å². The summed E-state index contributed by atoms with van der Waals surface area (Å²) in [4.78, 5) is 0. The fraction of sp³-hybridized carbons (Fsp3) is 0.526. The Labute approximate surface area is 557 Å². The third kappa shape index (κ3) is 17.5. The second-order valence-electron chi connectivity index (χ2n) is 32.8. The van der Waals surface area contributed by atoms with Gasteiger partial charge in [0.2, 0.25) is 0 Å². The van der Waals surface area contributed by atoms with E-state index in [1.54, 1.807) is 0 Å². The van der Waals surface area contributed by atoms with E-state index in [1.807, 2.05) is 0 Å². The van der Waals surface area contributed by atoms with Crippen LogP contribution in [-0.2, 0) is 79.5 Å². The molecule has 4 saturated heterocycles. The normalized spacial score (nSPS) is 22.9. The number of benzene rings is 6. The van der Waals surface area contributed by atoms with E-state index in [-0.39, 0.29) is 48.7 Å². The van der Waals surface area contributed by atoms with Crippen LogP contribution in [-0.4, -0.2) is 52.9 Å². The molecule has 2 spiro atoms. The highest BCUT2D eigenvalue weighted by atomic mass is 31.2. The lowest BCUT2D eigenvalue weighted by atomic mass is 9.75. The molecule has 16 heteroatoms. The van der Waals surface area contributed by atoms with Gasteiger partial charge in [0.1, 0.15) is 23.0 Å². The standard InChI is InChI=1S/C43H54O6P2.C33H50O6P2/c1-39(2,3)35-25-33(41(7,8)31-17-13-11-14-18-31)21-23-37(35)48-50-44-27-43(28-45-50)29-46-51(47-30-43)49-38-24-22-34(26-36(38)40(4,5)6)42(9,10)32-19-15-12-16-20-32;1-29(2,3)23-13-15-27(25(17-23)31(7,8)9)38-40-34-19-33(20-35-40)21-36-41(37-22-33)39-28-16-14-24(30(4,5)6)18-26(28)32(10,11)12/h11-26H,27-30H2,1-10H3;13-18H,19-22H2,1-12H3. The second kappa shape index (κ2) is 27.8. The summed E-state index contributed by atoms with van der Waals surface area (Å²) in [6, 6.07) is 47.1. The van der Waals surface area contributed by atoms with Crippen molar-refractivity contribution >= 4 is 34.4 Å². The van der Waals surface area contributed by atoms with E-state index in [2.05, 4.69) is 286 Å². The first-order valence-electron chi connectivity index (χ1n) is 32.4. The van der Waals surface area contributed by atoms with Crippen molar-refractivity contribution in [2.45, 2.75) is 196 Å². The summed E-state index contributed by atoms with van der Waals surface area (Å²) in [6.07, 6.45) is 0. The predicted octanol–water partition coefficient (Wildman–Crippen LogP) is 21.8. The van der Waals surface area contributed by atoms with E-state index in [0.717, 1.165) is 45.3 Å². The van der Waals surface area contributed by atoms with Crippen LogP contribution < -0.4 is 18.1 Å². The van der Waals surface area contributed by atoms with Gasteiger partial charge in [-0.1, -0.05) is 262 Å². The topological polar surface area (TPSA) is 111 Å². The van der Waals surface area contributed by atoms with E-state index in [1.165, 1.54) is 33.4 Å². The first kappa shape index (κ1) is 72.2. The molecule has 10 rings (SSSR count). The molecule has 0 unspecified atom stereocenters. The largest absolute Gasteiger partial charge is 0.426 e. The molecule has 0 aliphatic carbocycles. The highest BCUT2D eigenvalue weighted by Crippen LogP contribution is 2.57. The van der Waals surface area contributed by atoms with Gasteiger partial charge in [-0.3, -0.25) is 0 Å². The Morgan fingerprint density at radius 3 is 0.663 bits per heavy atom. The molecular formula is C76H104O12P4. The highest BCUT2D eigenvalue weighted by molar-refractivity contribution is 7.43. The predicted molar refractivity (Wildman–Crippen MR) is 378 cm³/mol. The number of rotatable bonds is 12. The van der Waals surface area contributed by atoms with Crippen LogP contribution in [0.25, 0.3) is 0 Å². The zero-order chi connectivity index (χ0) is 67.1. The highest BCUT2D eigenvalue weighted by Gasteiger charge is 2.47. The lowest BCUT2D eigenvalue weighted by molar-refractivity contribution is -0.0678. The molecule has 0 saturated carbocycles. The Hall–Kier alpha value is -4.08. The molecular weight excluding hydrogens is 1230 g/mol. The molecule has 0 radical (unpaired) electrons. The first-order valence-corrected chi connectivity index (χ1v) is 36.8. The minimum Gasteiger partial charge on any atom is -0.426 e. The maximum absolute atomic E-state index is 6.45. The number of hydrogen-bond acceptors (Lipinski definition) is 12. The van der Waals surface area contributed by atoms with Gasteiger partial charge in [-0.05, 0) is 90.1 Å². The number of hydrogen-bond donors (Lipinski definition) is 0. The van der Waals surface area contributed by atoms with Crippen LogP contribution >= 0.6 is 34.4 Å². The van der Waals surface area contributed by atoms with Crippen molar-refractivity contribution < 1.29 is 54.3 Å². The Balaban J connectivity index is 0.000000223. The zero-order valence-corrected chi connectivity index (χ0v) is 62.6. The molecule has 4 heterocycles. The molecule has 4 aliphatic heterocycles. The molecule has 0 aromatic heterocycles. The summed E-state index contributed by atoms with van der Waals surface area (Å²) >= 11 is 0. The third-order valence-electron chi connectivity index (χ3n) is 17.8. The van der Waals surface area contributed by atoms with Gasteiger partial charge in [0.25, 0.3) is 0 Å². The fourth-order valence-electron chi connectivity index (χ4n) is 11.2. The summed E-state index contributed by atoms with van der Waals surface area (Å²) in [5, 5.41) is 0. The van der Waals surface area contributed by atoms with Crippen LogP contribution in [0, 0.1) is 10.8 Å². The van der Waals surface area contributed by atoms with Crippen molar-refractivity contribution in [1.29, 1.82) is 0 Å². The van der Waals surface area contributed by atoms with Crippen molar-refractivity contribution in [2.75, 3.05) is 52.9 Å². The van der Waals surface area contributed by atoms with Crippen molar-refractivity contribution in [3.63, 3.8) is 0 Å². The van der Waals surface area contributed by atoms with Crippen molar-refractivity contribution in [3.05, 3.63) is 189 Å². The Morgan fingerprint density at radius 1 is 0.250 bits per heavy atom. The van der Waals surface area contributed by atoms with E-state index < -0.39 is 39.8 Å². The zero-order valence-electron chi connectivity index (χ0n) is 59.0. The van der Waals surface area contributed by atoms with E-state index in [4.69, 9.17) is 54.3 Å². The van der Waals surface area contributed by atoms with Gasteiger partial charge in [-0.15, -0.1) is 0 Å². The maximum Gasteiger partial charge on any atom is 0.397 e. The molecule has 0 N–H and O–H groups in total. The summed E-state index contributed by atoms with van der Waals surface area (Å²) in [6.45, 7) is 52.3. The second-order valence-corrected chi connectivity index (χ2v) is 37.4. The van der Waals surface area contributed by atoms with E-state index in [9.17, 15) is 0 Å². The van der Waals surface area contributed by atoms with Crippen molar-refractivity contribution in [2.24, 2.45) is 10.8 Å². The summed E-state index contributed by atoms with van der Waals surface area (Å²) in [5.41, 5.74) is 10.7. The minimum atomic E-state index is -1.58. The fourth-order valence-corrected chi connectivity index (χ4v) is 16.3. The molecule has 0 amide bonds. The van der Waals surface area contributed by atoms with Gasteiger partial charge >= 0.3 is 34.4 Å². The van der Waals surface area contributed by atoms with Crippen molar-refractivity contribution in [3.8, 4) is 23.0 Å². The van der Waals surface area contributed by atoms with Gasteiger partial charge in [0.15, 0.2) is 0 Å². The van der Waals surface area contributed by atoms with Gasteiger partial charge < -0.3 is 54.3 Å². The maximum atomic E-state index is 6.45. The monoisotopic (exact) mass is 1330 g/mol. The summed E-state index contributed by atoms with van der Waals surface area (Å²) in [7, 11) is -6.19. The summed E-state index contributed by atoms with van der Waals surface area (Å²) < 4.78 is 75.0. The van der Waals surface area contributed by atoms with E-state index in [0.29, 0.717) is 52.9 Å². The van der Waals surface area contributed by atoms with Crippen LogP contribution in [0.2, 0.25) is 0 Å². The molecule has 500 valence electrons. The van der Waals surface area contributed by atoms with Crippen LogP contribution in [0.3, 0.4) is 0 Å². The summed E-state index contributed by atoms with van der Waals surface area (Å²) in [5.74, 6) is 3.21. The Bertz CT molecular complexity index is 3190. The average Bonchev–Trinajstić information content (AvgIpc) is 0.813. The molecule has 0 atom stereocenters. The smallest absolute Gasteiger partial charge is 0.397 e. The molecule has 4 aliphatic rings. The molecule has 12 nitrogen and oxygen atoms in total. The average molecular weight is 1330 g/mol. The van der Waals surface area contributed by atoms with E-state index >= 15 is 0 Å². The SMILES string of the molecule is CC(C)(C)c1cc(C(C)(C)c2ccccc2)ccc1OP1OCC2(CO1)COP(Oc1ccc(C(C)(C)c3ccccc3)cc1C(C)(C)C)OC2.CC(C)(C)c1ccc(OP2OCC3(CO2)COP(Oc2ccc(C(C)(C)C)cc2C(C)(C)C)OC3)c(C(C)(C)C)c1. The van der Waals surface area contributed by atoms with Gasteiger partial charge in [0.05, 0.1) is 63.7 Å². The van der Waals surface area contributed by atoms with Crippen LogP contribution in [0.4, 0.5) is 0 Å².